The maximum absolute atomic E-state index is 11.9. The lowest BCUT2D eigenvalue weighted by Crippen LogP contribution is -2.56. The number of nitrogens with one attached hydrogen (secondary N) is 1. The Hall–Kier alpha value is -2.28. The molecule has 3 N–H and O–H groups in total. The Bertz CT molecular complexity index is 591. The van der Waals surface area contributed by atoms with Crippen LogP contribution in [0, 0.1) is 0 Å². The molecule has 1 heterocycles. The Kier molecular flexibility index (Phi) is 7.51. The first-order valence-electron chi connectivity index (χ1n) is 7.70. The summed E-state index contributed by atoms with van der Waals surface area (Å²) in [5.41, 5.74) is 7.39. The summed E-state index contributed by atoms with van der Waals surface area (Å²) < 4.78 is 0. The molecule has 1 aliphatic rings. The Labute approximate surface area is 147 Å². The zero-order chi connectivity index (χ0) is 16.8. The van der Waals surface area contributed by atoms with Crippen LogP contribution in [0.4, 0.5) is 5.69 Å². The van der Waals surface area contributed by atoms with Crippen molar-refractivity contribution < 1.29 is 14.4 Å². The lowest BCUT2D eigenvalue weighted by molar-refractivity contribution is -0.156. The average Bonchev–Trinajstić information content (AvgIpc) is 2.54. The first kappa shape index (κ1) is 19.8. The van der Waals surface area contributed by atoms with Crippen molar-refractivity contribution in [3.8, 4) is 0 Å². The molecule has 2 rings (SSSR count). The standard InChI is InChI=1S/C16H22N4O3.ClH/c1-2-19-9-10-20(16(23)15(19)22)11-14(21)18-8-7-12-3-5-13(17)6-4-12;/h3-6H,2,7-11,17H2,1H3,(H,18,21);1H. The third kappa shape index (κ3) is 5.13. The Morgan fingerprint density at radius 1 is 1.12 bits per heavy atom. The van der Waals surface area contributed by atoms with Gasteiger partial charge in [-0.25, -0.2) is 0 Å². The summed E-state index contributed by atoms with van der Waals surface area (Å²) >= 11 is 0. The summed E-state index contributed by atoms with van der Waals surface area (Å²) in [4.78, 5) is 38.4. The quantitative estimate of drug-likeness (QED) is 0.557. The summed E-state index contributed by atoms with van der Waals surface area (Å²) in [5.74, 6) is -1.40. The van der Waals surface area contributed by atoms with Gasteiger partial charge in [-0.05, 0) is 31.0 Å². The number of carbonyl (C=O) groups excluding carboxylic acids is 3. The molecule has 132 valence electrons. The number of amides is 3. The Morgan fingerprint density at radius 2 is 1.71 bits per heavy atom. The Balaban J connectivity index is 0.00000288. The van der Waals surface area contributed by atoms with Gasteiger partial charge in [-0.3, -0.25) is 14.4 Å². The van der Waals surface area contributed by atoms with Gasteiger partial charge in [0.05, 0.1) is 0 Å². The molecule has 1 saturated heterocycles. The molecular weight excluding hydrogens is 332 g/mol. The Morgan fingerprint density at radius 3 is 2.33 bits per heavy atom. The molecule has 0 radical (unpaired) electrons. The van der Waals surface area contributed by atoms with Crippen molar-refractivity contribution in [3.05, 3.63) is 29.8 Å². The molecule has 0 saturated carbocycles. The van der Waals surface area contributed by atoms with Crippen molar-refractivity contribution in [1.82, 2.24) is 15.1 Å². The predicted molar refractivity (Wildman–Crippen MR) is 93.7 cm³/mol. The molecule has 3 amide bonds. The van der Waals surface area contributed by atoms with Crippen LogP contribution < -0.4 is 11.1 Å². The van der Waals surface area contributed by atoms with Gasteiger partial charge in [0.25, 0.3) is 0 Å². The first-order chi connectivity index (χ1) is 11.0. The second kappa shape index (κ2) is 9.12. The minimum absolute atomic E-state index is 0. The molecule has 24 heavy (non-hydrogen) atoms. The number of nitrogens with zero attached hydrogens (tertiary/aromatic N) is 2. The van der Waals surface area contributed by atoms with Crippen molar-refractivity contribution in [3.63, 3.8) is 0 Å². The highest BCUT2D eigenvalue weighted by Gasteiger charge is 2.32. The zero-order valence-corrected chi connectivity index (χ0v) is 14.5. The van der Waals surface area contributed by atoms with Gasteiger partial charge in [0.2, 0.25) is 5.91 Å². The molecule has 1 aromatic rings. The van der Waals surface area contributed by atoms with Crippen LogP contribution >= 0.6 is 12.4 Å². The van der Waals surface area contributed by atoms with Gasteiger partial charge >= 0.3 is 11.8 Å². The number of rotatable bonds is 6. The van der Waals surface area contributed by atoms with Gasteiger partial charge in [0.1, 0.15) is 6.54 Å². The van der Waals surface area contributed by atoms with Crippen molar-refractivity contribution >= 4 is 35.8 Å². The average molecular weight is 355 g/mol. The lowest BCUT2D eigenvalue weighted by Gasteiger charge is -2.32. The largest absolute Gasteiger partial charge is 0.399 e. The number of halogens is 1. The van der Waals surface area contributed by atoms with E-state index in [9.17, 15) is 14.4 Å². The fraction of sp³-hybridized carbons (Fsp3) is 0.438. The minimum atomic E-state index is -0.605. The number of hydrogen-bond donors (Lipinski definition) is 2. The topological polar surface area (TPSA) is 95.7 Å². The molecule has 7 nitrogen and oxygen atoms in total. The van der Waals surface area contributed by atoms with Gasteiger partial charge in [-0.15, -0.1) is 12.4 Å². The second-order valence-corrected chi connectivity index (χ2v) is 5.45. The smallest absolute Gasteiger partial charge is 0.312 e. The highest BCUT2D eigenvalue weighted by atomic mass is 35.5. The summed E-state index contributed by atoms with van der Waals surface area (Å²) in [6.07, 6.45) is 0.683. The molecule has 0 aliphatic carbocycles. The van der Waals surface area contributed by atoms with Crippen molar-refractivity contribution in [2.45, 2.75) is 13.3 Å². The van der Waals surface area contributed by atoms with Crippen molar-refractivity contribution in [2.24, 2.45) is 0 Å². The van der Waals surface area contributed by atoms with Gasteiger partial charge < -0.3 is 20.9 Å². The molecule has 0 unspecified atom stereocenters. The van der Waals surface area contributed by atoms with Crippen LogP contribution in [0.3, 0.4) is 0 Å². The van der Waals surface area contributed by atoms with E-state index in [4.69, 9.17) is 5.73 Å². The summed E-state index contributed by atoms with van der Waals surface area (Å²) in [5, 5.41) is 2.76. The van der Waals surface area contributed by atoms with E-state index in [1.54, 1.807) is 0 Å². The van der Waals surface area contributed by atoms with Crippen molar-refractivity contribution in [1.29, 1.82) is 0 Å². The summed E-state index contributed by atoms with van der Waals surface area (Å²) in [6, 6.07) is 7.45. The van der Waals surface area contributed by atoms with Gasteiger partial charge in [0.15, 0.2) is 0 Å². The zero-order valence-electron chi connectivity index (χ0n) is 13.7. The van der Waals surface area contributed by atoms with Crippen LogP contribution in [0.15, 0.2) is 24.3 Å². The van der Waals surface area contributed by atoms with Crippen LogP contribution in [0.5, 0.6) is 0 Å². The number of anilines is 1. The van der Waals surface area contributed by atoms with E-state index in [0.29, 0.717) is 38.3 Å². The van der Waals surface area contributed by atoms with E-state index in [-0.39, 0.29) is 24.9 Å². The molecule has 0 bridgehead atoms. The maximum atomic E-state index is 11.9. The molecule has 1 fully saturated rings. The number of nitrogen functional groups attached to an aromatic ring is 1. The highest BCUT2D eigenvalue weighted by Crippen LogP contribution is 2.06. The van der Waals surface area contributed by atoms with E-state index in [1.165, 1.54) is 9.80 Å². The maximum Gasteiger partial charge on any atom is 0.312 e. The van der Waals surface area contributed by atoms with E-state index in [2.05, 4.69) is 5.32 Å². The monoisotopic (exact) mass is 354 g/mol. The molecule has 1 aliphatic heterocycles. The predicted octanol–water partition coefficient (Wildman–Crippen LogP) is 0.0400. The first-order valence-corrected chi connectivity index (χ1v) is 7.70. The van der Waals surface area contributed by atoms with Crippen LogP contribution in [0.25, 0.3) is 0 Å². The molecular formula is C16H23ClN4O3. The van der Waals surface area contributed by atoms with E-state index < -0.39 is 11.8 Å². The van der Waals surface area contributed by atoms with E-state index >= 15 is 0 Å². The fourth-order valence-electron chi connectivity index (χ4n) is 2.43. The number of piperazine rings is 1. The molecule has 0 spiro atoms. The molecule has 1 aromatic carbocycles. The second-order valence-electron chi connectivity index (χ2n) is 5.45. The van der Waals surface area contributed by atoms with Crippen LogP contribution in [-0.4, -0.2) is 60.2 Å². The van der Waals surface area contributed by atoms with Gasteiger partial charge in [-0.1, -0.05) is 12.1 Å². The summed E-state index contributed by atoms with van der Waals surface area (Å²) in [6.45, 7) is 3.59. The number of likely N-dealkylation sites (N-methyl/N-ethyl adjacent to an activating group) is 1. The normalized spacial score (nSPS) is 14.4. The molecule has 0 atom stereocenters. The van der Waals surface area contributed by atoms with Crippen LogP contribution in [0.2, 0.25) is 0 Å². The van der Waals surface area contributed by atoms with Crippen LogP contribution in [0.1, 0.15) is 12.5 Å². The van der Waals surface area contributed by atoms with Crippen LogP contribution in [-0.2, 0) is 20.8 Å². The number of carbonyl (C=O) groups is 3. The highest BCUT2D eigenvalue weighted by molar-refractivity contribution is 6.35. The van der Waals surface area contributed by atoms with Gasteiger partial charge in [-0.2, -0.15) is 0 Å². The minimum Gasteiger partial charge on any atom is -0.399 e. The summed E-state index contributed by atoms with van der Waals surface area (Å²) in [7, 11) is 0. The number of benzene rings is 1. The SMILES string of the molecule is CCN1CCN(CC(=O)NCCc2ccc(N)cc2)C(=O)C1=O.Cl. The molecule has 8 heteroatoms. The fourth-order valence-corrected chi connectivity index (χ4v) is 2.43. The van der Waals surface area contributed by atoms with E-state index in [1.807, 2.05) is 31.2 Å². The lowest BCUT2D eigenvalue weighted by atomic mass is 10.1. The van der Waals surface area contributed by atoms with E-state index in [0.717, 1.165) is 5.56 Å². The van der Waals surface area contributed by atoms with Crippen molar-refractivity contribution in [2.75, 3.05) is 38.5 Å². The third-order valence-corrected chi connectivity index (χ3v) is 3.83. The van der Waals surface area contributed by atoms with Gasteiger partial charge in [0, 0.05) is 31.9 Å². The molecule has 0 aromatic heterocycles. The third-order valence-electron chi connectivity index (χ3n) is 3.83. The number of hydrogen-bond acceptors (Lipinski definition) is 4. The number of nitrogens with two attached hydrogens (primary N) is 1.